The largest absolute Gasteiger partial charge is 0.345 e. The molecule has 1 atom stereocenters. The number of fused-ring (bicyclic) bond motifs is 2. The highest BCUT2D eigenvalue weighted by Crippen LogP contribution is 2.35. The first-order valence-electron chi connectivity index (χ1n) is 8.92. The number of carbonyl (C=O) groups is 2. The van der Waals surface area contributed by atoms with Gasteiger partial charge in [-0.3, -0.25) is 9.59 Å². The molecule has 3 heterocycles. The van der Waals surface area contributed by atoms with Gasteiger partial charge in [0.1, 0.15) is 5.82 Å². The van der Waals surface area contributed by atoms with E-state index < -0.39 is 0 Å². The third-order valence-electron chi connectivity index (χ3n) is 4.77. The third kappa shape index (κ3) is 3.33. The van der Waals surface area contributed by atoms with Crippen LogP contribution in [0, 0.1) is 0 Å². The molecule has 0 spiro atoms. The molecule has 2 aromatic rings. The van der Waals surface area contributed by atoms with Crippen molar-refractivity contribution >= 4 is 29.3 Å². The number of nitrogens with one attached hydrogen (secondary N) is 2. The van der Waals surface area contributed by atoms with Crippen molar-refractivity contribution < 1.29 is 9.59 Å². The first kappa shape index (κ1) is 17.1. The van der Waals surface area contributed by atoms with E-state index in [4.69, 9.17) is 0 Å². The van der Waals surface area contributed by atoms with Crippen LogP contribution in [-0.2, 0) is 24.3 Å². The molecule has 0 bridgehead atoms. The Labute approximate surface area is 155 Å². The van der Waals surface area contributed by atoms with E-state index in [1.54, 1.807) is 12.1 Å². The molecule has 0 saturated carbocycles. The molecule has 2 aliphatic rings. The number of thioether (sulfide) groups is 1. The standard InChI is InChI=1S/C18H21N5O2S/c1-11-17(24)20-13-9-12(6-7-14(13)26-11)18(25)19-10-16-22-21-15-5-3-2-4-8-23(15)16/h6-7,9,11H,2-5,8,10H2,1H3,(H,19,25)(H,20,24). The third-order valence-corrected chi connectivity index (χ3v) is 5.94. The summed E-state index contributed by atoms with van der Waals surface area (Å²) in [6.07, 6.45) is 4.41. The average Bonchev–Trinajstić information content (AvgIpc) is 2.86. The average molecular weight is 371 g/mol. The minimum Gasteiger partial charge on any atom is -0.345 e. The highest BCUT2D eigenvalue weighted by atomic mass is 32.2. The van der Waals surface area contributed by atoms with E-state index >= 15 is 0 Å². The Kier molecular flexibility index (Phi) is 4.67. The Balaban J connectivity index is 1.45. The molecule has 136 valence electrons. The predicted molar refractivity (Wildman–Crippen MR) is 99.1 cm³/mol. The second kappa shape index (κ2) is 7.11. The molecule has 2 amide bonds. The normalized spacial score (nSPS) is 19.1. The van der Waals surface area contributed by atoms with Crippen LogP contribution >= 0.6 is 11.8 Å². The number of aromatic nitrogens is 3. The molecule has 2 N–H and O–H groups in total. The van der Waals surface area contributed by atoms with Crippen molar-refractivity contribution in [3.05, 3.63) is 35.4 Å². The number of anilines is 1. The zero-order chi connectivity index (χ0) is 18.1. The highest BCUT2D eigenvalue weighted by molar-refractivity contribution is 8.00. The fourth-order valence-electron chi connectivity index (χ4n) is 3.29. The van der Waals surface area contributed by atoms with Gasteiger partial charge in [0.15, 0.2) is 5.82 Å². The van der Waals surface area contributed by atoms with Crippen LogP contribution in [0.1, 0.15) is 48.2 Å². The molecule has 0 radical (unpaired) electrons. The van der Waals surface area contributed by atoms with E-state index in [0.717, 1.165) is 42.4 Å². The van der Waals surface area contributed by atoms with E-state index in [1.807, 2.05) is 13.0 Å². The lowest BCUT2D eigenvalue weighted by molar-refractivity contribution is -0.115. The summed E-state index contributed by atoms with van der Waals surface area (Å²) < 4.78 is 2.12. The molecule has 2 aliphatic heterocycles. The predicted octanol–water partition coefficient (Wildman–Crippen LogP) is 2.37. The topological polar surface area (TPSA) is 88.9 Å². The van der Waals surface area contributed by atoms with Crippen molar-refractivity contribution in [3.8, 4) is 0 Å². The van der Waals surface area contributed by atoms with Crippen LogP contribution in [0.25, 0.3) is 0 Å². The molecule has 26 heavy (non-hydrogen) atoms. The van der Waals surface area contributed by atoms with E-state index in [-0.39, 0.29) is 17.1 Å². The Hall–Kier alpha value is -2.35. The van der Waals surface area contributed by atoms with Gasteiger partial charge in [0, 0.05) is 23.4 Å². The molecule has 8 heteroatoms. The Morgan fingerprint density at radius 1 is 1.35 bits per heavy atom. The summed E-state index contributed by atoms with van der Waals surface area (Å²) in [6, 6.07) is 5.40. The van der Waals surface area contributed by atoms with Gasteiger partial charge in [-0.25, -0.2) is 0 Å². The van der Waals surface area contributed by atoms with Crippen molar-refractivity contribution in [1.29, 1.82) is 0 Å². The lowest BCUT2D eigenvalue weighted by Crippen LogP contribution is -2.28. The molecule has 4 rings (SSSR count). The summed E-state index contributed by atoms with van der Waals surface area (Å²) in [5.74, 6) is 1.59. The zero-order valence-corrected chi connectivity index (χ0v) is 15.4. The lowest BCUT2D eigenvalue weighted by atomic mass is 10.1. The number of rotatable bonds is 3. The van der Waals surface area contributed by atoms with Gasteiger partial charge in [-0.2, -0.15) is 0 Å². The number of benzene rings is 1. The fraction of sp³-hybridized carbons (Fsp3) is 0.444. The van der Waals surface area contributed by atoms with E-state index in [2.05, 4.69) is 25.4 Å². The Morgan fingerprint density at radius 3 is 3.12 bits per heavy atom. The van der Waals surface area contributed by atoms with Crippen LogP contribution in [-0.4, -0.2) is 31.8 Å². The molecule has 7 nitrogen and oxygen atoms in total. The molecular formula is C18H21N5O2S. The number of carbonyl (C=O) groups excluding carboxylic acids is 2. The van der Waals surface area contributed by atoms with Gasteiger partial charge in [-0.1, -0.05) is 6.42 Å². The lowest BCUT2D eigenvalue weighted by Gasteiger charge is -2.21. The van der Waals surface area contributed by atoms with Gasteiger partial charge in [-0.05, 0) is 38.0 Å². The number of aryl methyl sites for hydroxylation is 1. The molecule has 1 unspecified atom stereocenters. The van der Waals surface area contributed by atoms with Crippen molar-refractivity contribution in [2.24, 2.45) is 0 Å². The van der Waals surface area contributed by atoms with E-state index in [1.165, 1.54) is 18.2 Å². The highest BCUT2D eigenvalue weighted by Gasteiger charge is 2.24. The summed E-state index contributed by atoms with van der Waals surface area (Å²) in [6.45, 7) is 3.12. The molecule has 0 aliphatic carbocycles. The summed E-state index contributed by atoms with van der Waals surface area (Å²) in [4.78, 5) is 25.3. The van der Waals surface area contributed by atoms with Gasteiger partial charge < -0.3 is 15.2 Å². The summed E-state index contributed by atoms with van der Waals surface area (Å²) in [5.41, 5.74) is 1.22. The van der Waals surface area contributed by atoms with Crippen molar-refractivity contribution in [3.63, 3.8) is 0 Å². The number of hydrogen-bond acceptors (Lipinski definition) is 5. The number of amides is 2. The van der Waals surface area contributed by atoms with Crippen molar-refractivity contribution in [2.45, 2.75) is 55.8 Å². The minimum atomic E-state index is -0.184. The van der Waals surface area contributed by atoms with Crippen LogP contribution in [0.2, 0.25) is 0 Å². The second-order valence-electron chi connectivity index (χ2n) is 6.64. The van der Waals surface area contributed by atoms with Crippen LogP contribution in [0.4, 0.5) is 5.69 Å². The molecule has 0 fully saturated rings. The summed E-state index contributed by atoms with van der Waals surface area (Å²) in [7, 11) is 0. The maximum Gasteiger partial charge on any atom is 0.251 e. The molecule has 1 aromatic carbocycles. The van der Waals surface area contributed by atoms with Crippen molar-refractivity contribution in [1.82, 2.24) is 20.1 Å². The monoisotopic (exact) mass is 371 g/mol. The van der Waals surface area contributed by atoms with Gasteiger partial charge in [0.2, 0.25) is 5.91 Å². The van der Waals surface area contributed by atoms with Gasteiger partial charge in [-0.15, -0.1) is 22.0 Å². The zero-order valence-electron chi connectivity index (χ0n) is 14.6. The molecule has 1 aromatic heterocycles. The van der Waals surface area contributed by atoms with Gasteiger partial charge >= 0.3 is 0 Å². The van der Waals surface area contributed by atoms with E-state index in [9.17, 15) is 9.59 Å². The van der Waals surface area contributed by atoms with Crippen LogP contribution in [0.5, 0.6) is 0 Å². The second-order valence-corrected chi connectivity index (χ2v) is 8.02. The quantitative estimate of drug-likeness (QED) is 0.865. The minimum absolute atomic E-state index is 0.0359. The number of hydrogen-bond donors (Lipinski definition) is 2. The van der Waals surface area contributed by atoms with Crippen LogP contribution in [0.3, 0.4) is 0 Å². The fourth-order valence-corrected chi connectivity index (χ4v) is 4.22. The maximum absolute atomic E-state index is 12.5. The molecular weight excluding hydrogens is 350 g/mol. The van der Waals surface area contributed by atoms with Gasteiger partial charge in [0.05, 0.1) is 17.5 Å². The first-order chi connectivity index (χ1) is 12.6. The molecule has 0 saturated heterocycles. The van der Waals surface area contributed by atoms with Crippen molar-refractivity contribution in [2.75, 3.05) is 5.32 Å². The first-order valence-corrected chi connectivity index (χ1v) is 9.80. The SMILES string of the molecule is CC1Sc2ccc(C(=O)NCc3nnc4n3CCCCC4)cc2NC1=O. The van der Waals surface area contributed by atoms with E-state index in [0.29, 0.717) is 17.8 Å². The van der Waals surface area contributed by atoms with Gasteiger partial charge in [0.25, 0.3) is 5.91 Å². The van der Waals surface area contributed by atoms with Crippen LogP contribution < -0.4 is 10.6 Å². The van der Waals surface area contributed by atoms with Crippen LogP contribution in [0.15, 0.2) is 23.1 Å². The number of nitrogens with zero attached hydrogens (tertiary/aromatic N) is 3. The summed E-state index contributed by atoms with van der Waals surface area (Å²) in [5, 5.41) is 14.1. The maximum atomic E-state index is 12.5. The summed E-state index contributed by atoms with van der Waals surface area (Å²) >= 11 is 1.50. The smallest absolute Gasteiger partial charge is 0.251 e. The Morgan fingerprint density at radius 2 is 2.23 bits per heavy atom. The Bertz CT molecular complexity index is 863.